The molecule has 2 aliphatic carbocycles. The minimum absolute atomic E-state index is 0.0452. The molecule has 2 aromatic carbocycles. The first kappa shape index (κ1) is 16.5. The van der Waals surface area contributed by atoms with Gasteiger partial charge in [-0.3, -0.25) is 0 Å². The Labute approximate surface area is 145 Å². The number of benzene rings is 2. The van der Waals surface area contributed by atoms with Crippen molar-refractivity contribution in [2.45, 2.75) is 45.4 Å². The molecule has 0 aromatic heterocycles. The molecule has 0 spiro atoms. The molecule has 0 atom stereocenters. The molecule has 0 heterocycles. The Hall–Kier alpha value is -1.97. The normalized spacial score (nSPS) is 21.4. The number of fused-ring (bicyclic) bond motifs is 4. The van der Waals surface area contributed by atoms with E-state index in [4.69, 9.17) is 0 Å². The molecule has 25 heavy (non-hydrogen) atoms. The Morgan fingerprint density at radius 2 is 1.60 bits per heavy atom. The molecule has 132 valence electrons. The summed E-state index contributed by atoms with van der Waals surface area (Å²) in [5.74, 6) is -2.25. The Bertz CT molecular complexity index is 836. The summed E-state index contributed by atoms with van der Waals surface area (Å²) < 4.78 is 42.6. The number of aryl methyl sites for hydroxylation is 1. The summed E-state index contributed by atoms with van der Waals surface area (Å²) in [6.45, 7) is 2.27. The molecular weight excluding hydrogens is 325 g/mol. The van der Waals surface area contributed by atoms with Crippen LogP contribution >= 0.6 is 0 Å². The Morgan fingerprint density at radius 1 is 0.920 bits per heavy atom. The van der Waals surface area contributed by atoms with Gasteiger partial charge in [0.15, 0.2) is 11.6 Å². The Balaban J connectivity index is 1.57. The lowest BCUT2D eigenvalue weighted by atomic mass is 9.77. The van der Waals surface area contributed by atoms with Gasteiger partial charge in [-0.05, 0) is 47.4 Å². The molecule has 2 aliphatic rings. The summed E-state index contributed by atoms with van der Waals surface area (Å²) in [7, 11) is 0. The lowest BCUT2D eigenvalue weighted by Gasteiger charge is -2.28. The summed E-state index contributed by atoms with van der Waals surface area (Å²) in [5, 5.41) is 9.43. The number of halogens is 3. The molecule has 4 rings (SSSR count). The van der Waals surface area contributed by atoms with E-state index < -0.39 is 23.2 Å². The molecule has 0 saturated heterocycles. The van der Waals surface area contributed by atoms with Crippen molar-refractivity contribution in [2.24, 2.45) is 11.8 Å². The maximum absolute atomic E-state index is 14.9. The quantitative estimate of drug-likeness (QED) is 0.597. The Kier molecular flexibility index (Phi) is 4.01. The lowest BCUT2D eigenvalue weighted by Crippen LogP contribution is -2.14. The van der Waals surface area contributed by atoms with Gasteiger partial charge in [0, 0.05) is 11.1 Å². The third-order valence-electron chi connectivity index (χ3n) is 5.91. The maximum Gasteiger partial charge on any atom is 0.201 e. The average molecular weight is 346 g/mol. The number of phenols is 1. The molecule has 0 unspecified atom stereocenters. The highest BCUT2D eigenvalue weighted by Crippen LogP contribution is 2.52. The fourth-order valence-corrected chi connectivity index (χ4v) is 4.27. The highest BCUT2D eigenvalue weighted by molar-refractivity contribution is 6.03. The van der Waals surface area contributed by atoms with Crippen LogP contribution in [0.25, 0.3) is 22.3 Å². The standard InChI is InChI=1S/C21H21F3O/c1-11-2-4-12(5-3-11)6-7-13-8-9-14-15-10-16(25)20(23)21(24)18(15)17(14)19(13)22/h8-12,25H,2-7H2,1H3. The molecule has 0 aliphatic heterocycles. The number of hydrogen-bond donors (Lipinski definition) is 1. The van der Waals surface area contributed by atoms with E-state index in [-0.39, 0.29) is 11.1 Å². The lowest BCUT2D eigenvalue weighted by molar-refractivity contribution is 0.277. The van der Waals surface area contributed by atoms with Gasteiger partial charge in [-0.15, -0.1) is 0 Å². The van der Waals surface area contributed by atoms with Crippen LogP contribution in [0.1, 0.15) is 44.6 Å². The first-order valence-electron chi connectivity index (χ1n) is 9.00. The summed E-state index contributed by atoms with van der Waals surface area (Å²) in [6, 6.07) is 4.65. The predicted molar refractivity (Wildman–Crippen MR) is 91.9 cm³/mol. The second-order valence-corrected chi connectivity index (χ2v) is 7.57. The van der Waals surface area contributed by atoms with E-state index in [0.717, 1.165) is 12.3 Å². The van der Waals surface area contributed by atoms with Crippen LogP contribution in [0.15, 0.2) is 18.2 Å². The van der Waals surface area contributed by atoms with Gasteiger partial charge in [0.1, 0.15) is 5.82 Å². The van der Waals surface area contributed by atoms with Crippen molar-refractivity contribution < 1.29 is 18.3 Å². The van der Waals surface area contributed by atoms with E-state index in [0.29, 0.717) is 29.0 Å². The largest absolute Gasteiger partial charge is 0.505 e. The van der Waals surface area contributed by atoms with Crippen molar-refractivity contribution in [1.29, 1.82) is 0 Å². The molecule has 1 N–H and O–H groups in total. The fourth-order valence-electron chi connectivity index (χ4n) is 4.27. The summed E-state index contributed by atoms with van der Waals surface area (Å²) in [6.07, 6.45) is 6.40. The SMILES string of the molecule is CC1CCC(CCc2ccc3c(c2F)-c2c-3cc(O)c(F)c2F)CC1. The smallest absolute Gasteiger partial charge is 0.201 e. The van der Waals surface area contributed by atoms with Crippen molar-refractivity contribution in [1.82, 2.24) is 0 Å². The third kappa shape index (κ3) is 2.62. The van der Waals surface area contributed by atoms with Crippen LogP contribution in [0.5, 0.6) is 5.75 Å². The second kappa shape index (κ2) is 6.08. The molecule has 1 fully saturated rings. The van der Waals surface area contributed by atoms with E-state index in [1.54, 1.807) is 12.1 Å². The van der Waals surface area contributed by atoms with Gasteiger partial charge in [-0.2, -0.15) is 4.39 Å². The van der Waals surface area contributed by atoms with Crippen molar-refractivity contribution in [3.63, 3.8) is 0 Å². The van der Waals surface area contributed by atoms with E-state index >= 15 is 0 Å². The van der Waals surface area contributed by atoms with Crippen LogP contribution in [-0.4, -0.2) is 5.11 Å². The highest BCUT2D eigenvalue weighted by atomic mass is 19.2. The van der Waals surface area contributed by atoms with Crippen molar-refractivity contribution in [3.05, 3.63) is 41.2 Å². The van der Waals surface area contributed by atoms with Crippen LogP contribution in [0, 0.1) is 29.3 Å². The molecule has 1 saturated carbocycles. The van der Waals surface area contributed by atoms with Crippen LogP contribution < -0.4 is 0 Å². The van der Waals surface area contributed by atoms with Crippen molar-refractivity contribution in [3.8, 4) is 28.0 Å². The van der Waals surface area contributed by atoms with Gasteiger partial charge < -0.3 is 5.11 Å². The minimum atomic E-state index is -1.31. The Morgan fingerprint density at radius 3 is 2.32 bits per heavy atom. The van der Waals surface area contributed by atoms with E-state index in [1.165, 1.54) is 31.7 Å². The van der Waals surface area contributed by atoms with Gasteiger partial charge >= 0.3 is 0 Å². The third-order valence-corrected chi connectivity index (χ3v) is 5.91. The molecule has 0 bridgehead atoms. The minimum Gasteiger partial charge on any atom is -0.505 e. The fraction of sp³-hybridized carbons (Fsp3) is 0.429. The monoisotopic (exact) mass is 346 g/mol. The van der Waals surface area contributed by atoms with E-state index in [2.05, 4.69) is 6.92 Å². The zero-order valence-corrected chi connectivity index (χ0v) is 14.2. The molecule has 1 nitrogen and oxygen atoms in total. The zero-order valence-electron chi connectivity index (χ0n) is 14.2. The number of hydrogen-bond acceptors (Lipinski definition) is 1. The number of phenolic OH excluding ortho intramolecular Hbond substituents is 1. The molecule has 0 amide bonds. The molecule has 0 radical (unpaired) electrons. The summed E-state index contributed by atoms with van der Waals surface area (Å²) in [4.78, 5) is 0. The maximum atomic E-state index is 14.9. The highest BCUT2D eigenvalue weighted by Gasteiger charge is 2.33. The first-order valence-corrected chi connectivity index (χ1v) is 9.00. The average Bonchev–Trinajstić information content (AvgIpc) is 2.59. The first-order chi connectivity index (χ1) is 12.0. The van der Waals surface area contributed by atoms with Gasteiger partial charge in [-0.25, -0.2) is 8.78 Å². The summed E-state index contributed by atoms with van der Waals surface area (Å²) in [5.41, 5.74) is 1.59. The predicted octanol–water partition coefficient (Wildman–Crippen LogP) is 6.22. The van der Waals surface area contributed by atoms with Crippen LogP contribution in [-0.2, 0) is 6.42 Å². The van der Waals surface area contributed by atoms with Crippen LogP contribution in [0.2, 0.25) is 0 Å². The molecular formula is C21H21F3O. The van der Waals surface area contributed by atoms with E-state index in [9.17, 15) is 18.3 Å². The molecule has 2 aromatic rings. The van der Waals surface area contributed by atoms with Gasteiger partial charge in [0.25, 0.3) is 0 Å². The van der Waals surface area contributed by atoms with Crippen LogP contribution in [0.3, 0.4) is 0 Å². The molecule has 4 heteroatoms. The zero-order chi connectivity index (χ0) is 17.7. The van der Waals surface area contributed by atoms with Gasteiger partial charge in [-0.1, -0.05) is 44.7 Å². The second-order valence-electron chi connectivity index (χ2n) is 7.57. The van der Waals surface area contributed by atoms with Gasteiger partial charge in [0.2, 0.25) is 5.82 Å². The van der Waals surface area contributed by atoms with Crippen molar-refractivity contribution >= 4 is 0 Å². The number of rotatable bonds is 3. The van der Waals surface area contributed by atoms with Crippen molar-refractivity contribution in [2.75, 3.05) is 0 Å². The number of aromatic hydroxyl groups is 1. The van der Waals surface area contributed by atoms with E-state index in [1.807, 2.05) is 0 Å². The summed E-state index contributed by atoms with van der Waals surface area (Å²) >= 11 is 0. The van der Waals surface area contributed by atoms with Gasteiger partial charge in [0.05, 0.1) is 0 Å². The topological polar surface area (TPSA) is 20.2 Å². The van der Waals surface area contributed by atoms with Crippen LogP contribution in [0.4, 0.5) is 13.2 Å².